The summed E-state index contributed by atoms with van der Waals surface area (Å²) in [6.07, 6.45) is 0. The van der Waals surface area contributed by atoms with E-state index in [-0.39, 0.29) is 5.43 Å². The van der Waals surface area contributed by atoms with E-state index in [1.807, 2.05) is 48.5 Å². The molecule has 1 heterocycles. The van der Waals surface area contributed by atoms with Gasteiger partial charge in [-0.2, -0.15) is 0 Å². The summed E-state index contributed by atoms with van der Waals surface area (Å²) in [5, 5.41) is 1.59. The van der Waals surface area contributed by atoms with Gasteiger partial charge >= 0.3 is 0 Å². The van der Waals surface area contributed by atoms with Gasteiger partial charge in [0.2, 0.25) is 0 Å². The minimum atomic E-state index is 0.123. The molecule has 3 rings (SSSR count). The van der Waals surface area contributed by atoms with Crippen molar-refractivity contribution in [3.8, 4) is 0 Å². The zero-order valence-electron chi connectivity index (χ0n) is 11.8. The maximum Gasteiger partial charge on any atom is 0.197 e. The van der Waals surface area contributed by atoms with Crippen LogP contribution in [0.5, 0.6) is 0 Å². The lowest BCUT2D eigenvalue weighted by Crippen LogP contribution is -2.20. The van der Waals surface area contributed by atoms with Gasteiger partial charge in [-0.15, -0.1) is 0 Å². The van der Waals surface area contributed by atoms with Gasteiger partial charge in [-0.1, -0.05) is 24.3 Å². The van der Waals surface area contributed by atoms with Crippen molar-refractivity contribution in [3.63, 3.8) is 0 Å². The predicted molar refractivity (Wildman–Crippen MR) is 84.3 cm³/mol. The van der Waals surface area contributed by atoms with E-state index in [4.69, 9.17) is 0 Å². The SMILES string of the molecule is CN(C)CCn1c2ccccc2c(=O)c2ccccc21. The molecule has 3 heteroatoms. The number of hydrogen-bond donors (Lipinski definition) is 0. The second-order valence-corrected chi connectivity index (χ2v) is 5.32. The number of hydrogen-bond acceptors (Lipinski definition) is 2. The summed E-state index contributed by atoms with van der Waals surface area (Å²) in [6.45, 7) is 1.81. The normalized spacial score (nSPS) is 11.6. The summed E-state index contributed by atoms with van der Waals surface area (Å²) >= 11 is 0. The van der Waals surface area contributed by atoms with Crippen molar-refractivity contribution in [2.24, 2.45) is 0 Å². The van der Waals surface area contributed by atoms with Crippen LogP contribution >= 0.6 is 0 Å². The molecule has 3 nitrogen and oxygen atoms in total. The van der Waals surface area contributed by atoms with Crippen molar-refractivity contribution < 1.29 is 0 Å². The Bertz CT molecular complexity index is 758. The highest BCUT2D eigenvalue weighted by atomic mass is 16.1. The molecule has 0 unspecified atom stereocenters. The van der Waals surface area contributed by atoms with Gasteiger partial charge in [-0.3, -0.25) is 4.79 Å². The Hall–Kier alpha value is -2.13. The second-order valence-electron chi connectivity index (χ2n) is 5.32. The third-order valence-corrected chi connectivity index (χ3v) is 3.65. The van der Waals surface area contributed by atoms with Crippen LogP contribution in [0.15, 0.2) is 53.3 Å². The Labute approximate surface area is 118 Å². The van der Waals surface area contributed by atoms with Crippen LogP contribution in [0.3, 0.4) is 0 Å². The second kappa shape index (κ2) is 5.10. The predicted octanol–water partition coefficient (Wildman–Crippen LogP) is 2.72. The fourth-order valence-corrected chi connectivity index (χ4v) is 2.62. The highest BCUT2D eigenvalue weighted by Gasteiger charge is 2.09. The lowest BCUT2D eigenvalue weighted by atomic mass is 10.1. The van der Waals surface area contributed by atoms with Crippen LogP contribution < -0.4 is 5.43 Å². The summed E-state index contributed by atoms with van der Waals surface area (Å²) in [5.41, 5.74) is 2.15. The number of pyridine rings is 1. The maximum atomic E-state index is 12.6. The molecule has 0 bridgehead atoms. The molecule has 0 saturated carbocycles. The number of benzene rings is 2. The number of aromatic nitrogens is 1. The van der Waals surface area contributed by atoms with E-state index in [2.05, 4.69) is 23.6 Å². The van der Waals surface area contributed by atoms with Crippen molar-refractivity contribution in [1.29, 1.82) is 0 Å². The van der Waals surface area contributed by atoms with E-state index in [0.29, 0.717) is 0 Å². The lowest BCUT2D eigenvalue weighted by Gasteiger charge is -2.17. The summed E-state index contributed by atoms with van der Waals surface area (Å²) in [4.78, 5) is 14.7. The van der Waals surface area contributed by atoms with Crippen molar-refractivity contribution in [3.05, 3.63) is 58.8 Å². The molecular weight excluding hydrogens is 248 g/mol. The Morgan fingerprint density at radius 1 is 0.900 bits per heavy atom. The highest BCUT2D eigenvalue weighted by molar-refractivity contribution is 5.93. The summed E-state index contributed by atoms with van der Waals surface area (Å²) in [5.74, 6) is 0. The van der Waals surface area contributed by atoms with E-state index in [0.717, 1.165) is 34.9 Å². The maximum absolute atomic E-state index is 12.6. The standard InChI is InChI=1S/C17H18N2O/c1-18(2)11-12-19-15-9-5-3-7-13(15)17(20)14-8-4-6-10-16(14)19/h3-10H,11-12H2,1-2H3. The zero-order chi connectivity index (χ0) is 14.1. The van der Waals surface area contributed by atoms with Crippen molar-refractivity contribution >= 4 is 21.8 Å². The monoisotopic (exact) mass is 266 g/mol. The largest absolute Gasteiger partial charge is 0.339 e. The van der Waals surface area contributed by atoms with Gasteiger partial charge in [0, 0.05) is 23.9 Å². The topological polar surface area (TPSA) is 25.2 Å². The van der Waals surface area contributed by atoms with Gasteiger partial charge in [-0.05, 0) is 38.4 Å². The van der Waals surface area contributed by atoms with Crippen LogP contribution in [0, 0.1) is 0 Å². The summed E-state index contributed by atoms with van der Waals surface area (Å²) < 4.78 is 2.24. The first kappa shape index (κ1) is 12.9. The molecule has 20 heavy (non-hydrogen) atoms. The molecule has 0 aliphatic carbocycles. The minimum absolute atomic E-state index is 0.123. The molecule has 0 fully saturated rings. The molecule has 0 aliphatic heterocycles. The Kier molecular flexibility index (Phi) is 3.28. The van der Waals surface area contributed by atoms with E-state index in [9.17, 15) is 4.79 Å². The van der Waals surface area contributed by atoms with Gasteiger partial charge in [0.1, 0.15) is 0 Å². The van der Waals surface area contributed by atoms with Gasteiger partial charge in [0.25, 0.3) is 0 Å². The first-order valence-electron chi connectivity index (χ1n) is 6.83. The summed E-state index contributed by atoms with van der Waals surface area (Å²) in [7, 11) is 4.12. The number of nitrogens with zero attached hydrogens (tertiary/aromatic N) is 2. The first-order valence-corrected chi connectivity index (χ1v) is 6.83. The molecule has 0 aliphatic rings. The van der Waals surface area contributed by atoms with Crippen LogP contribution in [0.25, 0.3) is 21.8 Å². The van der Waals surface area contributed by atoms with Crippen LogP contribution in [0.1, 0.15) is 0 Å². The number of para-hydroxylation sites is 2. The first-order chi connectivity index (χ1) is 9.68. The van der Waals surface area contributed by atoms with E-state index in [1.165, 1.54) is 0 Å². The number of rotatable bonds is 3. The zero-order valence-corrected chi connectivity index (χ0v) is 11.8. The van der Waals surface area contributed by atoms with E-state index in [1.54, 1.807) is 0 Å². The highest BCUT2D eigenvalue weighted by Crippen LogP contribution is 2.18. The molecule has 0 spiro atoms. The molecule has 0 N–H and O–H groups in total. The number of likely N-dealkylation sites (N-methyl/N-ethyl adjacent to an activating group) is 1. The Morgan fingerprint density at radius 2 is 1.40 bits per heavy atom. The Balaban J connectivity index is 2.37. The molecule has 2 aromatic carbocycles. The Morgan fingerprint density at radius 3 is 1.90 bits per heavy atom. The molecular formula is C17H18N2O. The van der Waals surface area contributed by atoms with Crippen LogP contribution in [0.2, 0.25) is 0 Å². The van der Waals surface area contributed by atoms with Gasteiger partial charge in [-0.25, -0.2) is 0 Å². The van der Waals surface area contributed by atoms with Crippen molar-refractivity contribution in [1.82, 2.24) is 9.47 Å². The fourth-order valence-electron chi connectivity index (χ4n) is 2.62. The fraction of sp³-hybridized carbons (Fsp3) is 0.235. The van der Waals surface area contributed by atoms with Gasteiger partial charge in [0.15, 0.2) is 5.43 Å². The lowest BCUT2D eigenvalue weighted by molar-refractivity contribution is 0.389. The molecule has 0 saturated heterocycles. The van der Waals surface area contributed by atoms with Crippen LogP contribution in [-0.4, -0.2) is 30.1 Å². The molecule has 0 radical (unpaired) electrons. The number of fused-ring (bicyclic) bond motifs is 2. The third kappa shape index (κ3) is 2.10. The van der Waals surface area contributed by atoms with Gasteiger partial charge in [0.05, 0.1) is 11.0 Å². The summed E-state index contributed by atoms with van der Waals surface area (Å²) in [6, 6.07) is 15.7. The minimum Gasteiger partial charge on any atom is -0.339 e. The van der Waals surface area contributed by atoms with E-state index < -0.39 is 0 Å². The van der Waals surface area contributed by atoms with E-state index >= 15 is 0 Å². The average molecular weight is 266 g/mol. The van der Waals surface area contributed by atoms with Crippen molar-refractivity contribution in [2.75, 3.05) is 20.6 Å². The average Bonchev–Trinajstić information content (AvgIpc) is 2.47. The molecule has 0 atom stereocenters. The molecule has 0 amide bonds. The van der Waals surface area contributed by atoms with Crippen LogP contribution in [-0.2, 0) is 6.54 Å². The van der Waals surface area contributed by atoms with Gasteiger partial charge < -0.3 is 9.47 Å². The molecule has 3 aromatic rings. The smallest absolute Gasteiger partial charge is 0.197 e. The molecule has 1 aromatic heterocycles. The van der Waals surface area contributed by atoms with Crippen molar-refractivity contribution in [2.45, 2.75) is 6.54 Å². The quantitative estimate of drug-likeness (QED) is 0.681. The van der Waals surface area contributed by atoms with Crippen LogP contribution in [0.4, 0.5) is 0 Å². The molecule has 102 valence electrons. The third-order valence-electron chi connectivity index (χ3n) is 3.65.